The zero-order valence-electron chi connectivity index (χ0n) is 11.5. The third-order valence-corrected chi connectivity index (χ3v) is 5.17. The maximum Gasteiger partial charge on any atom is 0.144 e. The Labute approximate surface area is 128 Å². The molecule has 0 aromatic carbocycles. The Hall–Kier alpha value is -0.260. The summed E-state index contributed by atoms with van der Waals surface area (Å²) < 4.78 is 7.14. The Morgan fingerprint density at radius 3 is 2.74 bits per heavy atom. The van der Waals surface area contributed by atoms with Crippen LogP contribution in [0.25, 0.3) is 0 Å². The lowest BCUT2D eigenvalue weighted by atomic mass is 10.0. The number of ether oxygens (including phenoxy) is 1. The van der Waals surface area contributed by atoms with Crippen LogP contribution in [0.1, 0.15) is 69.0 Å². The zero-order chi connectivity index (χ0) is 13.8. The standard InChI is InChI=1S/C14H21BrN2OS/c1-3-6-10(18-2)13-16-12(9-7-4-5-8-9)11(15)14(19)17-13/h9-10H,3-8H2,1-2H3,(H,16,17,19). The van der Waals surface area contributed by atoms with Gasteiger partial charge in [-0.3, -0.25) is 0 Å². The first kappa shape index (κ1) is 15.1. The molecule has 0 radical (unpaired) electrons. The fraction of sp³-hybridized carbons (Fsp3) is 0.714. The van der Waals surface area contributed by atoms with Gasteiger partial charge >= 0.3 is 0 Å². The molecule has 0 amide bonds. The van der Waals surface area contributed by atoms with E-state index < -0.39 is 0 Å². The van der Waals surface area contributed by atoms with Crippen LogP contribution in [0.15, 0.2) is 4.47 Å². The Morgan fingerprint density at radius 2 is 2.16 bits per heavy atom. The molecule has 5 heteroatoms. The monoisotopic (exact) mass is 344 g/mol. The fourth-order valence-corrected chi connectivity index (χ4v) is 3.49. The number of rotatable bonds is 5. The van der Waals surface area contributed by atoms with E-state index in [9.17, 15) is 0 Å². The van der Waals surface area contributed by atoms with E-state index in [1.165, 1.54) is 31.4 Å². The molecule has 0 aliphatic heterocycles. The molecule has 1 aromatic rings. The van der Waals surface area contributed by atoms with Crippen LogP contribution in [0, 0.1) is 4.64 Å². The van der Waals surface area contributed by atoms with Crippen molar-refractivity contribution in [3.8, 4) is 0 Å². The van der Waals surface area contributed by atoms with Crippen molar-refractivity contribution in [3.63, 3.8) is 0 Å². The van der Waals surface area contributed by atoms with Crippen molar-refractivity contribution < 1.29 is 4.74 Å². The molecule has 106 valence electrons. The van der Waals surface area contributed by atoms with Crippen molar-refractivity contribution in [2.75, 3.05) is 7.11 Å². The van der Waals surface area contributed by atoms with Crippen LogP contribution in [0.5, 0.6) is 0 Å². The largest absolute Gasteiger partial charge is 0.374 e. The summed E-state index contributed by atoms with van der Waals surface area (Å²) in [6, 6.07) is 0. The summed E-state index contributed by atoms with van der Waals surface area (Å²) in [5.74, 6) is 1.46. The highest BCUT2D eigenvalue weighted by Crippen LogP contribution is 2.37. The first-order valence-electron chi connectivity index (χ1n) is 6.99. The topological polar surface area (TPSA) is 37.9 Å². The molecule has 0 bridgehead atoms. The molecular formula is C14H21BrN2OS. The van der Waals surface area contributed by atoms with Crippen molar-refractivity contribution in [3.05, 3.63) is 20.6 Å². The highest BCUT2D eigenvalue weighted by molar-refractivity contribution is 9.10. The molecule has 1 fully saturated rings. The molecule has 1 heterocycles. The van der Waals surface area contributed by atoms with Gasteiger partial charge in [0, 0.05) is 18.7 Å². The van der Waals surface area contributed by atoms with Crippen molar-refractivity contribution in [2.45, 2.75) is 57.5 Å². The molecule has 1 N–H and O–H groups in total. The lowest BCUT2D eigenvalue weighted by molar-refractivity contribution is 0.0872. The molecule has 1 saturated carbocycles. The summed E-state index contributed by atoms with van der Waals surface area (Å²) >= 11 is 8.98. The second-order valence-electron chi connectivity index (χ2n) is 5.15. The first-order valence-corrected chi connectivity index (χ1v) is 8.19. The van der Waals surface area contributed by atoms with E-state index in [0.717, 1.165) is 23.1 Å². The summed E-state index contributed by atoms with van der Waals surface area (Å²) in [4.78, 5) is 7.96. The molecule has 3 nitrogen and oxygen atoms in total. The Balaban J connectivity index is 2.37. The summed E-state index contributed by atoms with van der Waals surface area (Å²) in [7, 11) is 1.73. The maximum atomic E-state index is 5.53. The molecule has 0 spiro atoms. The molecule has 1 atom stereocenters. The van der Waals surface area contributed by atoms with Gasteiger partial charge in [-0.05, 0) is 35.2 Å². The van der Waals surface area contributed by atoms with Gasteiger partial charge in [-0.25, -0.2) is 4.98 Å². The van der Waals surface area contributed by atoms with Crippen LogP contribution in [-0.4, -0.2) is 17.1 Å². The Kier molecular flexibility index (Phi) is 5.54. The van der Waals surface area contributed by atoms with E-state index in [4.69, 9.17) is 17.0 Å². The fourth-order valence-electron chi connectivity index (χ4n) is 2.77. The van der Waals surface area contributed by atoms with E-state index in [2.05, 4.69) is 32.8 Å². The highest BCUT2D eigenvalue weighted by Gasteiger charge is 2.23. The predicted octanol–water partition coefficient (Wildman–Crippen LogP) is 5.05. The lowest BCUT2D eigenvalue weighted by Gasteiger charge is -2.18. The molecule has 0 saturated heterocycles. The number of hydrogen-bond donors (Lipinski definition) is 1. The number of methoxy groups -OCH3 is 1. The van der Waals surface area contributed by atoms with Gasteiger partial charge in [0.2, 0.25) is 0 Å². The van der Waals surface area contributed by atoms with E-state index in [1.807, 2.05) is 0 Å². The zero-order valence-corrected chi connectivity index (χ0v) is 13.9. The minimum atomic E-state index is 0.0138. The van der Waals surface area contributed by atoms with Gasteiger partial charge in [-0.1, -0.05) is 38.4 Å². The molecule has 1 aliphatic rings. The van der Waals surface area contributed by atoms with Crippen LogP contribution < -0.4 is 0 Å². The average Bonchev–Trinajstić information content (AvgIpc) is 2.93. The van der Waals surface area contributed by atoms with Gasteiger partial charge in [-0.15, -0.1) is 0 Å². The number of halogens is 1. The van der Waals surface area contributed by atoms with Crippen molar-refractivity contribution in [2.24, 2.45) is 0 Å². The van der Waals surface area contributed by atoms with Crippen molar-refractivity contribution in [1.82, 2.24) is 9.97 Å². The van der Waals surface area contributed by atoms with Crippen LogP contribution in [0.4, 0.5) is 0 Å². The Bertz CT molecular complexity index is 483. The van der Waals surface area contributed by atoms with Gasteiger partial charge in [0.1, 0.15) is 16.6 Å². The minimum Gasteiger partial charge on any atom is -0.374 e. The second kappa shape index (κ2) is 6.95. The quantitative estimate of drug-likeness (QED) is 0.759. The molecule has 1 unspecified atom stereocenters. The van der Waals surface area contributed by atoms with Gasteiger partial charge in [0.15, 0.2) is 0 Å². The maximum absolute atomic E-state index is 5.53. The van der Waals surface area contributed by atoms with E-state index in [-0.39, 0.29) is 6.10 Å². The van der Waals surface area contributed by atoms with Gasteiger partial charge < -0.3 is 9.72 Å². The molecule has 1 aromatic heterocycles. The SMILES string of the molecule is CCCC(OC)c1nc(=S)c(Br)c(C2CCCC2)[nH]1. The number of H-pyrrole nitrogens is 1. The van der Waals surface area contributed by atoms with Crippen molar-refractivity contribution in [1.29, 1.82) is 0 Å². The van der Waals surface area contributed by atoms with E-state index in [0.29, 0.717) is 10.6 Å². The third kappa shape index (κ3) is 3.44. The highest BCUT2D eigenvalue weighted by atomic mass is 79.9. The second-order valence-corrected chi connectivity index (χ2v) is 6.33. The summed E-state index contributed by atoms with van der Waals surface area (Å²) in [6.45, 7) is 2.15. The molecule has 1 aliphatic carbocycles. The molecule has 19 heavy (non-hydrogen) atoms. The first-order chi connectivity index (χ1) is 9.17. The predicted molar refractivity (Wildman–Crippen MR) is 83.0 cm³/mol. The number of hydrogen-bond acceptors (Lipinski definition) is 3. The third-order valence-electron chi connectivity index (χ3n) is 3.81. The van der Waals surface area contributed by atoms with Crippen LogP contribution in [-0.2, 0) is 4.74 Å². The minimum absolute atomic E-state index is 0.0138. The molecule has 2 rings (SSSR count). The number of nitrogens with zero attached hydrogens (tertiary/aromatic N) is 1. The number of aromatic amines is 1. The number of nitrogens with one attached hydrogen (secondary N) is 1. The number of aromatic nitrogens is 2. The summed E-state index contributed by atoms with van der Waals surface area (Å²) in [5.41, 5.74) is 1.21. The molecular weight excluding hydrogens is 324 g/mol. The van der Waals surface area contributed by atoms with Crippen LogP contribution in [0.2, 0.25) is 0 Å². The Morgan fingerprint density at radius 1 is 1.47 bits per heavy atom. The summed E-state index contributed by atoms with van der Waals surface area (Å²) in [6.07, 6.45) is 7.11. The normalized spacial score (nSPS) is 17.8. The van der Waals surface area contributed by atoms with Crippen LogP contribution in [0.3, 0.4) is 0 Å². The van der Waals surface area contributed by atoms with E-state index >= 15 is 0 Å². The van der Waals surface area contributed by atoms with Gasteiger partial charge in [-0.2, -0.15) is 0 Å². The van der Waals surface area contributed by atoms with Crippen LogP contribution >= 0.6 is 28.1 Å². The smallest absolute Gasteiger partial charge is 0.144 e. The summed E-state index contributed by atoms with van der Waals surface area (Å²) in [5, 5.41) is 0. The lowest BCUT2D eigenvalue weighted by Crippen LogP contribution is -2.11. The van der Waals surface area contributed by atoms with E-state index in [1.54, 1.807) is 7.11 Å². The van der Waals surface area contributed by atoms with Gasteiger partial charge in [0.25, 0.3) is 0 Å². The van der Waals surface area contributed by atoms with Gasteiger partial charge in [0.05, 0.1) is 4.47 Å². The average molecular weight is 345 g/mol. The van der Waals surface area contributed by atoms with Crippen molar-refractivity contribution >= 4 is 28.1 Å².